The van der Waals surface area contributed by atoms with Gasteiger partial charge in [-0.05, 0) is 37.5 Å². The summed E-state index contributed by atoms with van der Waals surface area (Å²) in [5, 5.41) is 6.52. The number of nitrogens with one attached hydrogen (secondary N) is 2. The fourth-order valence-electron chi connectivity index (χ4n) is 2.59. The predicted octanol–water partition coefficient (Wildman–Crippen LogP) is 1.23. The zero-order valence-electron chi connectivity index (χ0n) is 12.4. The number of ether oxygens (including phenoxy) is 1. The van der Waals surface area contributed by atoms with Crippen molar-refractivity contribution in [3.8, 4) is 0 Å². The topological polar surface area (TPSA) is 97.0 Å². The number of hydrogen-bond donors (Lipinski definition) is 2. The van der Waals surface area contributed by atoms with Crippen molar-refractivity contribution in [2.24, 2.45) is 0 Å². The maximum absolute atomic E-state index is 12.7. The predicted molar refractivity (Wildman–Crippen MR) is 79.7 cm³/mol. The van der Waals surface area contributed by atoms with E-state index in [2.05, 4.69) is 19.9 Å². The van der Waals surface area contributed by atoms with E-state index in [9.17, 15) is 8.42 Å². The van der Waals surface area contributed by atoms with Crippen molar-refractivity contribution in [1.82, 2.24) is 19.9 Å². The van der Waals surface area contributed by atoms with Crippen LogP contribution in [0.4, 0.5) is 0 Å². The minimum absolute atomic E-state index is 0.302. The van der Waals surface area contributed by atoms with Gasteiger partial charge in [-0.1, -0.05) is 12.1 Å². The molecular weight excluding hydrogens is 304 g/mol. The van der Waals surface area contributed by atoms with Gasteiger partial charge >= 0.3 is 0 Å². The molecule has 0 bridgehead atoms. The summed E-state index contributed by atoms with van der Waals surface area (Å²) in [5.74, 6) is 0.533. The molecule has 2 N–H and O–H groups in total. The van der Waals surface area contributed by atoms with Crippen molar-refractivity contribution < 1.29 is 13.2 Å². The van der Waals surface area contributed by atoms with E-state index in [1.54, 1.807) is 13.0 Å². The lowest BCUT2D eigenvalue weighted by Crippen LogP contribution is -2.37. The molecule has 22 heavy (non-hydrogen) atoms. The SMILES string of the molecule is Cc1ccc(C)c(S(=O)(=O)N[C@H]2CCO[C@H]2c2ncn[nH]2)c1. The van der Waals surface area contributed by atoms with Crippen molar-refractivity contribution >= 4 is 10.0 Å². The number of aryl methyl sites for hydroxylation is 2. The summed E-state index contributed by atoms with van der Waals surface area (Å²) < 4.78 is 33.6. The first kappa shape index (κ1) is 15.1. The molecule has 0 saturated carbocycles. The number of aromatic nitrogens is 3. The Hall–Kier alpha value is -1.77. The molecule has 2 heterocycles. The highest BCUT2D eigenvalue weighted by molar-refractivity contribution is 7.89. The lowest BCUT2D eigenvalue weighted by molar-refractivity contribution is 0.0957. The minimum atomic E-state index is -3.61. The van der Waals surface area contributed by atoms with Crippen LogP contribution in [0.25, 0.3) is 0 Å². The minimum Gasteiger partial charge on any atom is -0.368 e. The Morgan fingerprint density at radius 1 is 1.36 bits per heavy atom. The van der Waals surface area contributed by atoms with Gasteiger partial charge < -0.3 is 4.74 Å². The van der Waals surface area contributed by atoms with Gasteiger partial charge in [0.05, 0.1) is 10.9 Å². The first-order valence-corrected chi connectivity index (χ1v) is 8.52. The van der Waals surface area contributed by atoms with Crippen LogP contribution in [-0.4, -0.2) is 36.2 Å². The van der Waals surface area contributed by atoms with Crippen molar-refractivity contribution in [3.05, 3.63) is 41.5 Å². The molecule has 0 unspecified atom stereocenters. The Morgan fingerprint density at radius 2 is 2.18 bits per heavy atom. The van der Waals surface area contributed by atoms with Crippen LogP contribution in [-0.2, 0) is 14.8 Å². The summed E-state index contributed by atoms with van der Waals surface area (Å²) in [5.41, 5.74) is 1.62. The summed E-state index contributed by atoms with van der Waals surface area (Å²) in [4.78, 5) is 4.36. The highest BCUT2D eigenvalue weighted by Crippen LogP contribution is 2.28. The molecule has 0 aliphatic carbocycles. The number of H-pyrrole nitrogens is 1. The third-order valence-corrected chi connectivity index (χ3v) is 5.37. The fraction of sp³-hybridized carbons (Fsp3) is 0.429. The Morgan fingerprint density at radius 3 is 2.91 bits per heavy atom. The summed E-state index contributed by atoms with van der Waals surface area (Å²) >= 11 is 0. The van der Waals surface area contributed by atoms with E-state index >= 15 is 0 Å². The molecule has 7 nitrogen and oxygen atoms in total. The normalized spacial score (nSPS) is 22.1. The number of nitrogens with zero attached hydrogens (tertiary/aromatic N) is 2. The van der Waals surface area contributed by atoms with Crippen LogP contribution >= 0.6 is 0 Å². The molecule has 1 aromatic carbocycles. The summed E-state index contributed by atoms with van der Waals surface area (Å²) in [6.45, 7) is 4.13. The van der Waals surface area contributed by atoms with Gasteiger partial charge in [0.15, 0.2) is 5.82 Å². The van der Waals surface area contributed by atoms with Crippen LogP contribution in [0.1, 0.15) is 29.5 Å². The molecule has 2 atom stereocenters. The van der Waals surface area contributed by atoms with Crippen LogP contribution < -0.4 is 4.72 Å². The maximum atomic E-state index is 12.7. The molecule has 1 aliphatic rings. The summed E-state index contributed by atoms with van der Waals surface area (Å²) in [7, 11) is -3.61. The van der Waals surface area contributed by atoms with Gasteiger partial charge in [0.2, 0.25) is 10.0 Å². The molecule has 1 aromatic heterocycles. The van der Waals surface area contributed by atoms with Crippen LogP contribution in [0.15, 0.2) is 29.4 Å². The zero-order valence-corrected chi connectivity index (χ0v) is 13.2. The molecule has 2 aromatic rings. The number of aromatic amines is 1. The Bertz CT molecular complexity index is 758. The maximum Gasteiger partial charge on any atom is 0.241 e. The molecule has 3 rings (SSSR count). The second kappa shape index (κ2) is 5.79. The van der Waals surface area contributed by atoms with Gasteiger partial charge in [-0.2, -0.15) is 5.10 Å². The second-order valence-electron chi connectivity index (χ2n) is 5.45. The molecule has 1 aliphatic heterocycles. The fourth-order valence-corrected chi connectivity index (χ4v) is 4.19. The standard InChI is InChI=1S/C14H18N4O3S/c1-9-3-4-10(2)12(7-9)22(19,20)18-11-5-6-21-13(11)14-15-8-16-17-14/h3-4,7-8,11,13,18H,5-6H2,1-2H3,(H,15,16,17)/t11-,13+/m0/s1. The Kier molecular flexibility index (Phi) is 3.98. The lowest BCUT2D eigenvalue weighted by Gasteiger charge is -2.18. The van der Waals surface area contributed by atoms with Crippen LogP contribution in [0, 0.1) is 13.8 Å². The van der Waals surface area contributed by atoms with Crippen molar-refractivity contribution in [2.45, 2.75) is 37.3 Å². The van der Waals surface area contributed by atoms with Gasteiger partial charge in [-0.25, -0.2) is 18.1 Å². The van der Waals surface area contributed by atoms with Gasteiger partial charge in [0.25, 0.3) is 0 Å². The van der Waals surface area contributed by atoms with E-state index in [1.807, 2.05) is 19.1 Å². The highest BCUT2D eigenvalue weighted by atomic mass is 32.2. The number of benzene rings is 1. The van der Waals surface area contributed by atoms with E-state index in [0.717, 1.165) is 5.56 Å². The highest BCUT2D eigenvalue weighted by Gasteiger charge is 2.35. The largest absolute Gasteiger partial charge is 0.368 e. The third kappa shape index (κ3) is 2.90. The number of sulfonamides is 1. The lowest BCUT2D eigenvalue weighted by atomic mass is 10.1. The molecule has 1 saturated heterocycles. The monoisotopic (exact) mass is 322 g/mol. The van der Waals surface area contributed by atoms with Crippen LogP contribution in [0.5, 0.6) is 0 Å². The first-order valence-electron chi connectivity index (χ1n) is 7.04. The molecule has 0 radical (unpaired) electrons. The molecule has 1 fully saturated rings. The summed E-state index contributed by atoms with van der Waals surface area (Å²) in [6, 6.07) is 5.02. The number of hydrogen-bond acceptors (Lipinski definition) is 5. The number of rotatable bonds is 4. The molecule has 118 valence electrons. The van der Waals surface area contributed by atoms with E-state index in [0.29, 0.717) is 29.3 Å². The molecule has 0 amide bonds. The zero-order chi connectivity index (χ0) is 15.7. The molecule has 8 heteroatoms. The van der Waals surface area contributed by atoms with Gasteiger partial charge in [-0.15, -0.1) is 0 Å². The Labute approximate surface area is 129 Å². The van der Waals surface area contributed by atoms with Gasteiger partial charge in [0, 0.05) is 6.61 Å². The van der Waals surface area contributed by atoms with Crippen LogP contribution in [0.2, 0.25) is 0 Å². The van der Waals surface area contributed by atoms with Crippen molar-refractivity contribution in [2.75, 3.05) is 6.61 Å². The molecular formula is C14H18N4O3S. The van der Waals surface area contributed by atoms with Crippen LogP contribution in [0.3, 0.4) is 0 Å². The first-order chi connectivity index (χ1) is 10.5. The van der Waals surface area contributed by atoms with E-state index in [4.69, 9.17) is 4.74 Å². The van der Waals surface area contributed by atoms with E-state index in [-0.39, 0.29) is 6.04 Å². The van der Waals surface area contributed by atoms with Gasteiger partial charge in [-0.3, -0.25) is 5.10 Å². The smallest absolute Gasteiger partial charge is 0.241 e. The van der Waals surface area contributed by atoms with Crippen molar-refractivity contribution in [1.29, 1.82) is 0 Å². The average Bonchev–Trinajstić information content (AvgIpc) is 3.11. The van der Waals surface area contributed by atoms with E-state index < -0.39 is 16.1 Å². The molecule has 0 spiro atoms. The summed E-state index contributed by atoms with van der Waals surface area (Å²) in [6.07, 6.45) is 1.53. The van der Waals surface area contributed by atoms with E-state index in [1.165, 1.54) is 6.33 Å². The average molecular weight is 322 g/mol. The quantitative estimate of drug-likeness (QED) is 0.882. The third-order valence-electron chi connectivity index (χ3n) is 3.73. The van der Waals surface area contributed by atoms with Gasteiger partial charge in [0.1, 0.15) is 12.4 Å². The second-order valence-corrected chi connectivity index (χ2v) is 7.13. The van der Waals surface area contributed by atoms with Crippen molar-refractivity contribution in [3.63, 3.8) is 0 Å². The Balaban J connectivity index is 1.86.